The molecule has 0 radical (unpaired) electrons. The van der Waals surface area contributed by atoms with Crippen molar-refractivity contribution in [3.8, 4) is 6.26 Å². The second-order valence-corrected chi connectivity index (χ2v) is 3.42. The summed E-state index contributed by atoms with van der Waals surface area (Å²) in [5, 5.41) is 8.47. The molecule has 1 unspecified atom stereocenters. The van der Waals surface area contributed by atoms with Gasteiger partial charge in [-0.3, -0.25) is 0 Å². The fourth-order valence-electron chi connectivity index (χ4n) is 0.889. The third kappa shape index (κ3) is 4.51. The minimum Gasteiger partial charge on any atom is -0.392 e. The summed E-state index contributed by atoms with van der Waals surface area (Å²) < 4.78 is 4.89. The Bertz CT molecular complexity index is 269. The van der Waals surface area contributed by atoms with Crippen molar-refractivity contribution in [1.29, 1.82) is 5.26 Å². The maximum absolute atomic E-state index is 8.47. The average Bonchev–Trinajstić information content (AvgIpc) is 2.15. The Kier molecular flexibility index (Phi) is 6.22. The van der Waals surface area contributed by atoms with Crippen LogP contribution in [0, 0.1) is 23.4 Å². The second-order valence-electron chi connectivity index (χ2n) is 3.42. The maximum Gasteiger partial charge on any atom is 0.291 e. The van der Waals surface area contributed by atoms with Crippen LogP contribution in [0.25, 0.3) is 0 Å². The number of rotatable bonds is 5. The number of nitrogens with zero attached hydrogens (tertiary/aromatic N) is 1. The molecule has 0 heterocycles. The van der Waals surface area contributed by atoms with E-state index in [-0.39, 0.29) is 5.92 Å². The molecule has 0 aromatic heterocycles. The Balaban J connectivity index is 4.58. The normalized spacial score (nSPS) is 14.1. The van der Waals surface area contributed by atoms with Crippen molar-refractivity contribution in [3.63, 3.8) is 0 Å². The van der Waals surface area contributed by atoms with E-state index in [4.69, 9.17) is 10.00 Å². The monoisotopic (exact) mass is 191 g/mol. The lowest BCUT2D eigenvalue weighted by molar-refractivity contribution is 0.280. The van der Waals surface area contributed by atoms with Crippen molar-refractivity contribution in [2.45, 2.75) is 20.8 Å². The van der Waals surface area contributed by atoms with E-state index in [9.17, 15) is 0 Å². The number of allylic oxidation sites excluding steroid dienone is 5. The van der Waals surface area contributed by atoms with Crippen LogP contribution in [0.15, 0.2) is 36.6 Å². The van der Waals surface area contributed by atoms with Gasteiger partial charge in [0.05, 0.1) is 0 Å². The van der Waals surface area contributed by atoms with E-state index in [1.807, 2.05) is 13.0 Å². The van der Waals surface area contributed by atoms with E-state index in [0.29, 0.717) is 11.7 Å². The zero-order valence-electron chi connectivity index (χ0n) is 9.03. The van der Waals surface area contributed by atoms with E-state index < -0.39 is 0 Å². The summed E-state index contributed by atoms with van der Waals surface area (Å²) in [6.07, 6.45) is 8.80. The Morgan fingerprint density at radius 2 is 2.00 bits per heavy atom. The van der Waals surface area contributed by atoms with Gasteiger partial charge in [-0.25, -0.2) is 0 Å². The lowest BCUT2D eigenvalue weighted by Crippen LogP contribution is -2.08. The molecule has 0 bridgehead atoms. The number of nitriles is 1. The Morgan fingerprint density at radius 3 is 2.43 bits per heavy atom. The van der Waals surface area contributed by atoms with E-state index >= 15 is 0 Å². The van der Waals surface area contributed by atoms with Gasteiger partial charge in [0.1, 0.15) is 5.76 Å². The first-order valence-corrected chi connectivity index (χ1v) is 4.68. The first-order chi connectivity index (χ1) is 6.63. The smallest absolute Gasteiger partial charge is 0.291 e. The van der Waals surface area contributed by atoms with Crippen LogP contribution in [-0.4, -0.2) is 0 Å². The highest BCUT2D eigenvalue weighted by Crippen LogP contribution is 2.20. The molecule has 1 atom stereocenters. The van der Waals surface area contributed by atoms with Gasteiger partial charge in [0.25, 0.3) is 6.26 Å². The molecule has 0 saturated carbocycles. The second kappa shape index (κ2) is 6.97. The van der Waals surface area contributed by atoms with Crippen molar-refractivity contribution in [2.24, 2.45) is 11.8 Å². The van der Waals surface area contributed by atoms with Gasteiger partial charge in [0, 0.05) is 5.92 Å². The van der Waals surface area contributed by atoms with E-state index in [1.165, 1.54) is 0 Å². The van der Waals surface area contributed by atoms with Gasteiger partial charge in [-0.1, -0.05) is 45.6 Å². The van der Waals surface area contributed by atoms with Gasteiger partial charge >= 0.3 is 0 Å². The lowest BCUT2D eigenvalue weighted by Gasteiger charge is -2.15. The van der Waals surface area contributed by atoms with E-state index in [1.54, 1.807) is 24.5 Å². The highest BCUT2D eigenvalue weighted by Gasteiger charge is 2.13. The summed E-state index contributed by atoms with van der Waals surface area (Å²) >= 11 is 0. The minimum absolute atomic E-state index is 0.240. The molecule has 0 aromatic rings. The molecule has 0 aliphatic rings. The molecule has 0 aliphatic heterocycles. The molecule has 0 spiro atoms. The zero-order valence-corrected chi connectivity index (χ0v) is 9.03. The van der Waals surface area contributed by atoms with Crippen molar-refractivity contribution in [3.05, 3.63) is 36.6 Å². The zero-order chi connectivity index (χ0) is 11.0. The molecule has 0 amide bonds. The fourth-order valence-corrected chi connectivity index (χ4v) is 0.889. The van der Waals surface area contributed by atoms with Gasteiger partial charge in [0.2, 0.25) is 0 Å². The first-order valence-electron chi connectivity index (χ1n) is 4.68. The summed E-state index contributed by atoms with van der Waals surface area (Å²) in [7, 11) is 0. The predicted octanol–water partition coefficient (Wildman–Crippen LogP) is 3.40. The van der Waals surface area contributed by atoms with Crippen LogP contribution in [0.3, 0.4) is 0 Å². The quantitative estimate of drug-likeness (QED) is 0.379. The fraction of sp³-hybridized carbons (Fsp3) is 0.417. The number of hydrogen-bond acceptors (Lipinski definition) is 2. The highest BCUT2D eigenvalue weighted by molar-refractivity contribution is 5.14. The summed E-state index contributed by atoms with van der Waals surface area (Å²) in [4.78, 5) is 0. The molecular formula is C12H17NO. The average molecular weight is 191 g/mol. The molecule has 0 aromatic carbocycles. The standard InChI is InChI=1S/C12H17NO/c1-5-6-7-8-12(14-9-13)11(4)10(2)3/h5-8,10-11H,1H2,2-4H3/b7-6-,12-8+. The predicted molar refractivity (Wildman–Crippen MR) is 58.1 cm³/mol. The van der Waals surface area contributed by atoms with Crippen LogP contribution >= 0.6 is 0 Å². The van der Waals surface area contributed by atoms with E-state index in [0.717, 1.165) is 0 Å². The van der Waals surface area contributed by atoms with Crippen LogP contribution < -0.4 is 0 Å². The van der Waals surface area contributed by atoms with Crippen LogP contribution in [-0.2, 0) is 4.74 Å². The van der Waals surface area contributed by atoms with Crippen molar-refractivity contribution in [1.82, 2.24) is 0 Å². The van der Waals surface area contributed by atoms with Crippen molar-refractivity contribution in [2.75, 3.05) is 0 Å². The molecule has 14 heavy (non-hydrogen) atoms. The highest BCUT2D eigenvalue weighted by atomic mass is 16.5. The molecule has 0 rings (SSSR count). The van der Waals surface area contributed by atoms with Gasteiger partial charge < -0.3 is 4.74 Å². The van der Waals surface area contributed by atoms with Crippen molar-refractivity contribution >= 4 is 0 Å². The molecule has 2 nitrogen and oxygen atoms in total. The molecule has 2 heteroatoms. The van der Waals surface area contributed by atoms with Gasteiger partial charge in [-0.2, -0.15) is 0 Å². The maximum atomic E-state index is 8.47. The van der Waals surface area contributed by atoms with Crippen LogP contribution in [0.1, 0.15) is 20.8 Å². The summed E-state index contributed by atoms with van der Waals surface area (Å²) in [6, 6.07) is 0. The third-order valence-electron chi connectivity index (χ3n) is 2.12. The third-order valence-corrected chi connectivity index (χ3v) is 2.12. The van der Waals surface area contributed by atoms with Gasteiger partial charge in [0.15, 0.2) is 0 Å². The topological polar surface area (TPSA) is 33.0 Å². The summed E-state index contributed by atoms with van der Waals surface area (Å²) in [5.41, 5.74) is 0. The Hall–Kier alpha value is -1.49. The van der Waals surface area contributed by atoms with Crippen LogP contribution in [0.2, 0.25) is 0 Å². The molecule has 0 fully saturated rings. The minimum atomic E-state index is 0.240. The SMILES string of the molecule is C=C/C=C\C=C(\OC#N)C(C)C(C)C. The largest absolute Gasteiger partial charge is 0.392 e. The molecule has 0 aliphatic carbocycles. The lowest BCUT2D eigenvalue weighted by atomic mass is 9.95. The molecule has 0 N–H and O–H groups in total. The summed E-state index contributed by atoms with van der Waals surface area (Å²) in [6.45, 7) is 9.79. The van der Waals surface area contributed by atoms with Crippen LogP contribution in [0.5, 0.6) is 0 Å². The number of hydrogen-bond donors (Lipinski definition) is 0. The van der Waals surface area contributed by atoms with Crippen molar-refractivity contribution < 1.29 is 4.74 Å². The molecular weight excluding hydrogens is 174 g/mol. The van der Waals surface area contributed by atoms with E-state index in [2.05, 4.69) is 20.4 Å². The molecule has 0 saturated heterocycles. The van der Waals surface area contributed by atoms with Gasteiger partial charge in [-0.05, 0) is 12.0 Å². The Morgan fingerprint density at radius 1 is 1.36 bits per heavy atom. The number of ether oxygens (including phenoxy) is 1. The van der Waals surface area contributed by atoms with Gasteiger partial charge in [-0.15, -0.1) is 5.26 Å². The summed E-state index contributed by atoms with van der Waals surface area (Å²) in [5.74, 6) is 1.39. The first kappa shape index (κ1) is 12.5. The van der Waals surface area contributed by atoms with Crippen LogP contribution in [0.4, 0.5) is 0 Å². The Labute approximate surface area is 86.2 Å². The molecule has 76 valence electrons.